The van der Waals surface area contributed by atoms with Gasteiger partial charge in [-0.05, 0) is 42.0 Å². The number of ketones is 1. The first-order valence-electron chi connectivity index (χ1n) is 11.1. The highest BCUT2D eigenvalue weighted by Crippen LogP contribution is 2.34. The van der Waals surface area contributed by atoms with Crippen molar-refractivity contribution in [3.05, 3.63) is 99.4 Å². The number of halogens is 1. The second-order valence-electron chi connectivity index (χ2n) is 7.97. The van der Waals surface area contributed by atoms with Crippen LogP contribution in [0.2, 0.25) is 5.02 Å². The molecule has 0 saturated carbocycles. The van der Waals surface area contributed by atoms with E-state index in [1.54, 1.807) is 67.6 Å². The van der Waals surface area contributed by atoms with Crippen LogP contribution in [-0.4, -0.2) is 30.8 Å². The number of nitrogens with zero attached hydrogens (tertiary/aromatic N) is 2. The third-order valence-corrected chi connectivity index (χ3v) is 8.54. The van der Waals surface area contributed by atoms with Gasteiger partial charge in [-0.2, -0.15) is 5.26 Å². The molecule has 1 N–H and O–H groups in total. The van der Waals surface area contributed by atoms with Crippen molar-refractivity contribution in [2.75, 3.05) is 11.1 Å². The van der Waals surface area contributed by atoms with E-state index in [0.717, 1.165) is 11.3 Å². The summed E-state index contributed by atoms with van der Waals surface area (Å²) < 4.78 is 24.0. The van der Waals surface area contributed by atoms with Crippen LogP contribution < -0.4 is 5.32 Å². The monoisotopic (exact) mass is 549 g/mol. The molecule has 0 aliphatic rings. The van der Waals surface area contributed by atoms with Gasteiger partial charge in [-0.15, -0.1) is 0 Å². The highest BCUT2D eigenvalue weighted by atomic mass is 35.5. The number of aromatic nitrogens is 1. The van der Waals surface area contributed by atoms with Crippen LogP contribution in [0.25, 0.3) is 11.3 Å². The van der Waals surface area contributed by atoms with Crippen LogP contribution in [0.3, 0.4) is 0 Å². The molecule has 0 aliphatic heterocycles. The molecule has 0 radical (unpaired) electrons. The summed E-state index contributed by atoms with van der Waals surface area (Å²) in [6.07, 6.45) is -0.0148. The minimum atomic E-state index is -3.33. The van der Waals surface area contributed by atoms with Crippen LogP contribution in [0, 0.1) is 11.3 Å². The molecule has 0 atom stereocenters. The van der Waals surface area contributed by atoms with Gasteiger partial charge in [0, 0.05) is 11.1 Å². The third kappa shape index (κ3) is 5.94. The highest BCUT2D eigenvalue weighted by Gasteiger charge is 2.23. The predicted molar refractivity (Wildman–Crippen MR) is 144 cm³/mol. The van der Waals surface area contributed by atoms with Crippen LogP contribution in [0.5, 0.6) is 0 Å². The molecule has 0 spiro atoms. The average Bonchev–Trinajstić information content (AvgIpc) is 3.32. The maximum absolute atomic E-state index is 13.4. The van der Waals surface area contributed by atoms with Gasteiger partial charge in [-0.1, -0.05) is 66.3 Å². The molecule has 1 amide bonds. The van der Waals surface area contributed by atoms with Crippen molar-refractivity contribution in [2.24, 2.45) is 0 Å². The Kier molecular flexibility index (Phi) is 7.83. The highest BCUT2D eigenvalue weighted by molar-refractivity contribution is 7.91. The Morgan fingerprint density at radius 2 is 1.78 bits per heavy atom. The molecule has 0 saturated heterocycles. The summed E-state index contributed by atoms with van der Waals surface area (Å²) in [5, 5.41) is 12.5. The number of anilines is 1. The number of thiazole rings is 1. The lowest BCUT2D eigenvalue weighted by Crippen LogP contribution is -2.14. The van der Waals surface area contributed by atoms with Crippen LogP contribution in [-0.2, 0) is 21.1 Å². The first kappa shape index (κ1) is 26.2. The summed E-state index contributed by atoms with van der Waals surface area (Å²) >= 11 is 7.27. The number of rotatable bonds is 8. The van der Waals surface area contributed by atoms with Crippen molar-refractivity contribution in [2.45, 2.75) is 18.2 Å². The number of amides is 1. The number of hydrogen-bond acceptors (Lipinski definition) is 7. The van der Waals surface area contributed by atoms with Crippen LogP contribution >= 0.6 is 22.9 Å². The fourth-order valence-corrected chi connectivity index (χ4v) is 5.62. The lowest BCUT2D eigenvalue weighted by Gasteiger charge is -2.04. The van der Waals surface area contributed by atoms with E-state index in [2.05, 4.69) is 16.4 Å². The van der Waals surface area contributed by atoms with Crippen LogP contribution in [0.4, 0.5) is 5.13 Å². The van der Waals surface area contributed by atoms with E-state index in [1.807, 2.05) is 0 Å². The molecule has 4 rings (SSSR count). The van der Waals surface area contributed by atoms with Crippen molar-refractivity contribution in [3.8, 4) is 17.3 Å². The van der Waals surface area contributed by atoms with Crippen LogP contribution in [0.1, 0.15) is 33.3 Å². The molecule has 0 unspecified atom stereocenters. The summed E-state index contributed by atoms with van der Waals surface area (Å²) in [5.74, 6) is -0.742. The Labute approximate surface area is 223 Å². The van der Waals surface area contributed by atoms with E-state index in [-0.39, 0.29) is 43.8 Å². The molecule has 1 aromatic heterocycles. The van der Waals surface area contributed by atoms with Gasteiger partial charge in [-0.25, -0.2) is 13.4 Å². The number of sulfone groups is 1. The Balaban J connectivity index is 1.63. The van der Waals surface area contributed by atoms with Crippen molar-refractivity contribution < 1.29 is 18.0 Å². The maximum Gasteiger partial charge on any atom is 0.230 e. The molecular weight excluding hydrogens is 530 g/mol. The smallest absolute Gasteiger partial charge is 0.230 e. The van der Waals surface area contributed by atoms with Gasteiger partial charge in [0.05, 0.1) is 39.4 Å². The summed E-state index contributed by atoms with van der Waals surface area (Å²) in [4.78, 5) is 31.1. The van der Waals surface area contributed by atoms with E-state index >= 15 is 0 Å². The molecule has 7 nitrogen and oxygen atoms in total. The van der Waals surface area contributed by atoms with Crippen molar-refractivity contribution in [1.29, 1.82) is 5.26 Å². The van der Waals surface area contributed by atoms with Gasteiger partial charge in [-0.3, -0.25) is 9.59 Å². The van der Waals surface area contributed by atoms with Crippen LogP contribution in [0.15, 0.2) is 77.7 Å². The molecule has 3 aromatic carbocycles. The molecule has 0 aliphatic carbocycles. The van der Waals surface area contributed by atoms with Gasteiger partial charge < -0.3 is 5.32 Å². The minimum Gasteiger partial charge on any atom is -0.302 e. The van der Waals surface area contributed by atoms with E-state index in [9.17, 15) is 23.3 Å². The SMILES string of the molecule is CCS(=O)(=O)c1ccc(CC(=O)Nc2nc(-c3cccc(C#N)c3)c(C(=O)c3ccccc3Cl)s2)cc1. The van der Waals surface area contributed by atoms with Crippen molar-refractivity contribution in [1.82, 2.24) is 4.98 Å². The normalized spacial score (nSPS) is 11.1. The second-order valence-corrected chi connectivity index (χ2v) is 11.7. The lowest BCUT2D eigenvalue weighted by atomic mass is 10.0. The number of carbonyl (C=O) groups is 2. The first-order chi connectivity index (χ1) is 17.7. The van der Waals surface area contributed by atoms with Gasteiger partial charge in [0.1, 0.15) is 4.88 Å². The third-order valence-electron chi connectivity index (χ3n) is 5.49. The van der Waals surface area contributed by atoms with Crippen molar-refractivity contribution in [3.63, 3.8) is 0 Å². The van der Waals surface area contributed by atoms with Gasteiger partial charge >= 0.3 is 0 Å². The first-order valence-corrected chi connectivity index (χ1v) is 14.0. The summed E-state index contributed by atoms with van der Waals surface area (Å²) in [6.45, 7) is 1.57. The molecular formula is C27H20ClN3O4S2. The number of nitrogens with one attached hydrogen (secondary N) is 1. The van der Waals surface area contributed by atoms with Gasteiger partial charge in [0.15, 0.2) is 15.0 Å². The predicted octanol–water partition coefficient (Wildman–Crippen LogP) is 5.54. The quantitative estimate of drug-likeness (QED) is 0.288. The molecule has 0 fully saturated rings. The second kappa shape index (κ2) is 11.0. The van der Waals surface area contributed by atoms with Gasteiger partial charge in [0.2, 0.25) is 11.7 Å². The Morgan fingerprint density at radius 3 is 2.46 bits per heavy atom. The largest absolute Gasteiger partial charge is 0.302 e. The molecule has 1 heterocycles. The zero-order valence-corrected chi connectivity index (χ0v) is 22.0. The fraction of sp³-hybridized carbons (Fsp3) is 0.111. The zero-order chi connectivity index (χ0) is 26.6. The van der Waals surface area contributed by atoms with Crippen molar-refractivity contribution >= 4 is 49.6 Å². The van der Waals surface area contributed by atoms with E-state index in [4.69, 9.17) is 11.6 Å². The molecule has 0 bridgehead atoms. The molecule has 37 heavy (non-hydrogen) atoms. The molecule has 186 valence electrons. The minimum absolute atomic E-state index is 0.00820. The number of hydrogen-bond donors (Lipinski definition) is 1. The number of nitriles is 1. The fourth-order valence-electron chi connectivity index (χ4n) is 3.56. The van der Waals surface area contributed by atoms with E-state index in [0.29, 0.717) is 27.9 Å². The Morgan fingerprint density at radius 1 is 1.05 bits per heavy atom. The summed E-state index contributed by atoms with van der Waals surface area (Å²) in [7, 11) is -3.33. The summed E-state index contributed by atoms with van der Waals surface area (Å²) in [5.41, 5.74) is 2.21. The molecule has 4 aromatic rings. The summed E-state index contributed by atoms with van der Waals surface area (Å²) in [6, 6.07) is 21.6. The number of carbonyl (C=O) groups excluding carboxylic acids is 2. The van der Waals surface area contributed by atoms with Gasteiger partial charge in [0.25, 0.3) is 0 Å². The number of benzene rings is 3. The maximum atomic E-state index is 13.4. The lowest BCUT2D eigenvalue weighted by molar-refractivity contribution is -0.115. The topological polar surface area (TPSA) is 117 Å². The standard InChI is InChI=1S/C27H20ClN3O4S2/c1-2-37(34,35)20-12-10-17(11-13-20)15-23(32)30-27-31-24(19-7-5-6-18(14-19)16-29)26(36-27)25(33)21-8-3-4-9-22(21)28/h3-14H,2,15H2,1H3,(H,30,31,32). The van der Waals surface area contributed by atoms with E-state index in [1.165, 1.54) is 12.1 Å². The Hall–Kier alpha value is -3.84. The zero-order valence-electron chi connectivity index (χ0n) is 19.6. The Bertz CT molecular complexity index is 1640. The van der Waals surface area contributed by atoms with E-state index < -0.39 is 9.84 Å². The average molecular weight is 550 g/mol. The molecule has 10 heteroatoms.